The van der Waals surface area contributed by atoms with Gasteiger partial charge in [-0.2, -0.15) is 0 Å². The smallest absolute Gasteiger partial charge is 0.148 e. The molecule has 8 heteroatoms. The normalized spacial score (nSPS) is 27.3. The Morgan fingerprint density at radius 1 is 1.26 bits per heavy atom. The summed E-state index contributed by atoms with van der Waals surface area (Å²) in [5, 5.41) is 20.3. The number of aliphatic hydroxyl groups is 2. The summed E-state index contributed by atoms with van der Waals surface area (Å²) < 4.78 is 6.98. The molecule has 3 rings (SSSR count). The standard InChI is InChI=1S/C11H9Cl3N2O3/c12-4-1-16-2-6(13)15-11(16)7(8(4)14)10-9(18)5(17)3-19-10/h1-2,5,9-10,17-18H,3H2/t5-,9-,10?/m0/s1. The van der Waals surface area contributed by atoms with Gasteiger partial charge in [0.05, 0.1) is 16.7 Å². The van der Waals surface area contributed by atoms with Crippen molar-refractivity contribution in [3.8, 4) is 0 Å². The van der Waals surface area contributed by atoms with E-state index in [1.54, 1.807) is 16.8 Å². The highest BCUT2D eigenvalue weighted by Crippen LogP contribution is 2.39. The average molecular weight is 324 g/mol. The molecular weight excluding hydrogens is 314 g/mol. The van der Waals surface area contributed by atoms with Gasteiger partial charge < -0.3 is 19.4 Å². The zero-order chi connectivity index (χ0) is 13.7. The molecule has 102 valence electrons. The molecule has 0 bridgehead atoms. The van der Waals surface area contributed by atoms with Gasteiger partial charge in [-0.3, -0.25) is 0 Å². The Kier molecular flexibility index (Phi) is 3.37. The highest BCUT2D eigenvalue weighted by molar-refractivity contribution is 6.42. The number of hydrogen-bond acceptors (Lipinski definition) is 4. The molecule has 0 aliphatic carbocycles. The molecule has 1 saturated heterocycles. The van der Waals surface area contributed by atoms with E-state index in [0.29, 0.717) is 11.2 Å². The predicted molar refractivity (Wildman–Crippen MR) is 70.9 cm³/mol. The number of imidazole rings is 1. The zero-order valence-electron chi connectivity index (χ0n) is 9.42. The maximum Gasteiger partial charge on any atom is 0.148 e. The number of halogens is 3. The zero-order valence-corrected chi connectivity index (χ0v) is 11.7. The van der Waals surface area contributed by atoms with Crippen LogP contribution >= 0.6 is 34.8 Å². The van der Waals surface area contributed by atoms with Crippen molar-refractivity contribution in [2.75, 3.05) is 6.61 Å². The minimum absolute atomic E-state index is 0.0231. The number of hydrogen-bond donors (Lipinski definition) is 2. The predicted octanol–water partition coefficient (Wildman–Crippen LogP) is 2.09. The topological polar surface area (TPSA) is 67.0 Å². The molecule has 19 heavy (non-hydrogen) atoms. The van der Waals surface area contributed by atoms with Crippen molar-refractivity contribution in [3.63, 3.8) is 0 Å². The fourth-order valence-electron chi connectivity index (χ4n) is 2.17. The Balaban J connectivity index is 2.24. The fourth-order valence-corrected chi connectivity index (χ4v) is 2.81. The fraction of sp³-hybridized carbons (Fsp3) is 0.364. The van der Waals surface area contributed by atoms with E-state index in [1.165, 1.54) is 0 Å². The van der Waals surface area contributed by atoms with Crippen molar-refractivity contribution in [2.24, 2.45) is 0 Å². The maximum atomic E-state index is 9.95. The quantitative estimate of drug-likeness (QED) is 0.843. The molecule has 2 N–H and O–H groups in total. The van der Waals surface area contributed by atoms with Crippen LogP contribution in [0.2, 0.25) is 15.2 Å². The molecule has 2 aromatic rings. The Hall–Kier alpha value is -0.560. The Morgan fingerprint density at radius 3 is 2.63 bits per heavy atom. The lowest BCUT2D eigenvalue weighted by Gasteiger charge is -2.18. The van der Waals surface area contributed by atoms with Gasteiger partial charge in [0.25, 0.3) is 0 Å². The van der Waals surface area contributed by atoms with Crippen molar-refractivity contribution in [1.29, 1.82) is 0 Å². The number of ether oxygens (including phenoxy) is 1. The van der Waals surface area contributed by atoms with E-state index in [2.05, 4.69) is 4.98 Å². The van der Waals surface area contributed by atoms with Crippen molar-refractivity contribution in [1.82, 2.24) is 9.38 Å². The molecule has 5 nitrogen and oxygen atoms in total. The van der Waals surface area contributed by atoms with Crippen LogP contribution in [0.3, 0.4) is 0 Å². The molecule has 1 aliphatic heterocycles. The molecule has 0 aromatic carbocycles. The number of nitrogens with zero attached hydrogens (tertiary/aromatic N) is 2. The van der Waals surface area contributed by atoms with Gasteiger partial charge >= 0.3 is 0 Å². The van der Waals surface area contributed by atoms with E-state index in [1.807, 2.05) is 0 Å². The molecule has 1 unspecified atom stereocenters. The second-order valence-electron chi connectivity index (χ2n) is 4.31. The molecule has 0 spiro atoms. The lowest BCUT2D eigenvalue weighted by atomic mass is 10.0. The van der Waals surface area contributed by atoms with Crippen LogP contribution in [0.5, 0.6) is 0 Å². The van der Waals surface area contributed by atoms with Gasteiger partial charge in [-0.05, 0) is 0 Å². The lowest BCUT2D eigenvalue weighted by Crippen LogP contribution is -2.25. The maximum absolute atomic E-state index is 9.95. The third-order valence-electron chi connectivity index (χ3n) is 3.08. The van der Waals surface area contributed by atoms with Crippen molar-refractivity contribution in [3.05, 3.63) is 33.2 Å². The SMILES string of the molecule is O[C@@H]1C(c2c(Cl)c(Cl)cn3cc(Cl)nc23)OC[C@@H]1O. The first kappa shape index (κ1) is 13.4. The van der Waals surface area contributed by atoms with Crippen LogP contribution < -0.4 is 0 Å². The largest absolute Gasteiger partial charge is 0.388 e. The van der Waals surface area contributed by atoms with E-state index in [4.69, 9.17) is 39.5 Å². The first-order valence-corrected chi connectivity index (χ1v) is 6.62. The van der Waals surface area contributed by atoms with Gasteiger partial charge in [-0.25, -0.2) is 4.98 Å². The van der Waals surface area contributed by atoms with Crippen LogP contribution in [0.15, 0.2) is 12.4 Å². The molecule has 1 aliphatic rings. The molecule has 0 radical (unpaired) electrons. The Morgan fingerprint density at radius 2 is 2.00 bits per heavy atom. The monoisotopic (exact) mass is 322 g/mol. The summed E-state index contributed by atoms with van der Waals surface area (Å²) >= 11 is 18.1. The molecule has 2 aromatic heterocycles. The third kappa shape index (κ3) is 2.11. The van der Waals surface area contributed by atoms with Gasteiger partial charge in [0, 0.05) is 18.0 Å². The number of pyridine rings is 1. The van der Waals surface area contributed by atoms with E-state index in [0.717, 1.165) is 0 Å². The van der Waals surface area contributed by atoms with Crippen LogP contribution in [0, 0.1) is 0 Å². The van der Waals surface area contributed by atoms with Crippen LogP contribution in [0.4, 0.5) is 0 Å². The van der Waals surface area contributed by atoms with E-state index >= 15 is 0 Å². The van der Waals surface area contributed by atoms with E-state index in [9.17, 15) is 10.2 Å². The van der Waals surface area contributed by atoms with Crippen LogP contribution in [-0.2, 0) is 4.74 Å². The van der Waals surface area contributed by atoms with Crippen molar-refractivity contribution < 1.29 is 14.9 Å². The van der Waals surface area contributed by atoms with Crippen LogP contribution in [0.1, 0.15) is 11.7 Å². The summed E-state index contributed by atoms with van der Waals surface area (Å²) in [6.07, 6.45) is 0.294. The second kappa shape index (κ2) is 4.77. The molecular formula is C11H9Cl3N2O3. The average Bonchev–Trinajstić information content (AvgIpc) is 2.86. The minimum atomic E-state index is -1.09. The number of fused-ring (bicyclic) bond motifs is 1. The van der Waals surface area contributed by atoms with Gasteiger partial charge in [0.15, 0.2) is 0 Å². The number of aromatic nitrogens is 2. The van der Waals surface area contributed by atoms with E-state index in [-0.39, 0.29) is 21.8 Å². The Labute approximate surface area is 123 Å². The van der Waals surface area contributed by atoms with Gasteiger partial charge in [-0.15, -0.1) is 0 Å². The second-order valence-corrected chi connectivity index (χ2v) is 5.48. The molecule has 3 atom stereocenters. The van der Waals surface area contributed by atoms with E-state index < -0.39 is 18.3 Å². The highest BCUT2D eigenvalue weighted by atomic mass is 35.5. The first-order valence-electron chi connectivity index (χ1n) is 5.49. The molecule has 1 fully saturated rings. The van der Waals surface area contributed by atoms with Gasteiger partial charge in [0.1, 0.15) is 29.1 Å². The summed E-state index contributed by atoms with van der Waals surface area (Å²) in [5.41, 5.74) is 0.864. The first-order chi connectivity index (χ1) is 8.99. The van der Waals surface area contributed by atoms with Crippen LogP contribution in [-0.4, -0.2) is 38.4 Å². The number of aliphatic hydroxyl groups excluding tert-OH is 2. The minimum Gasteiger partial charge on any atom is -0.388 e. The highest BCUT2D eigenvalue weighted by Gasteiger charge is 2.39. The van der Waals surface area contributed by atoms with Crippen molar-refractivity contribution in [2.45, 2.75) is 18.3 Å². The third-order valence-corrected chi connectivity index (χ3v) is 4.05. The summed E-state index contributed by atoms with van der Waals surface area (Å²) in [7, 11) is 0. The van der Waals surface area contributed by atoms with Crippen LogP contribution in [0.25, 0.3) is 5.65 Å². The molecule has 0 amide bonds. The van der Waals surface area contributed by atoms with Gasteiger partial charge in [-0.1, -0.05) is 34.8 Å². The molecule has 3 heterocycles. The summed E-state index contributed by atoms with van der Waals surface area (Å²) in [4.78, 5) is 4.13. The summed E-state index contributed by atoms with van der Waals surface area (Å²) in [5.74, 6) is 0. The Bertz CT molecular complexity index is 646. The van der Waals surface area contributed by atoms with Gasteiger partial charge in [0.2, 0.25) is 0 Å². The number of rotatable bonds is 1. The molecule has 0 saturated carbocycles. The summed E-state index contributed by atoms with van der Waals surface area (Å²) in [6.45, 7) is 0.0231. The summed E-state index contributed by atoms with van der Waals surface area (Å²) in [6, 6.07) is 0. The lowest BCUT2D eigenvalue weighted by molar-refractivity contribution is 0.0230. The van der Waals surface area contributed by atoms with Crippen molar-refractivity contribution >= 4 is 40.4 Å².